The van der Waals surface area contributed by atoms with E-state index in [0.717, 1.165) is 12.8 Å². The molecule has 1 atom stereocenters. The van der Waals surface area contributed by atoms with Crippen molar-refractivity contribution >= 4 is 21.7 Å². The molecule has 2 N–H and O–H groups in total. The number of anilines is 1. The van der Waals surface area contributed by atoms with Gasteiger partial charge < -0.3 is 14.7 Å². The van der Waals surface area contributed by atoms with Crippen molar-refractivity contribution in [2.45, 2.75) is 37.2 Å². The van der Waals surface area contributed by atoms with Gasteiger partial charge in [-0.25, -0.2) is 13.2 Å². The minimum Gasteiger partial charge on any atom is -0.478 e. The van der Waals surface area contributed by atoms with E-state index in [1.807, 2.05) is 17.9 Å². The third-order valence-electron chi connectivity index (χ3n) is 5.28. The monoisotopic (exact) mass is 447 g/mol. The summed E-state index contributed by atoms with van der Waals surface area (Å²) >= 11 is 0. The zero-order valence-corrected chi connectivity index (χ0v) is 18.9. The molecule has 0 spiro atoms. The van der Waals surface area contributed by atoms with Gasteiger partial charge in [-0.3, -0.25) is 4.90 Å². The van der Waals surface area contributed by atoms with Gasteiger partial charge in [0.2, 0.25) is 10.0 Å². The molecular weight excluding hydrogens is 418 g/mol. The van der Waals surface area contributed by atoms with E-state index in [1.165, 1.54) is 12.1 Å². The highest BCUT2D eigenvalue weighted by Crippen LogP contribution is 2.41. The first-order chi connectivity index (χ1) is 14.7. The number of carboxylic acids is 1. The Morgan fingerprint density at radius 3 is 2.39 bits per heavy atom. The molecule has 2 aromatic carbocycles. The van der Waals surface area contributed by atoms with E-state index in [9.17, 15) is 18.3 Å². The van der Waals surface area contributed by atoms with E-state index in [-0.39, 0.29) is 16.2 Å². The number of benzene rings is 2. The van der Waals surface area contributed by atoms with Gasteiger partial charge in [-0.05, 0) is 57.6 Å². The number of nitrogens with zero attached hydrogens (tertiary/aromatic N) is 2. The largest absolute Gasteiger partial charge is 0.478 e. The van der Waals surface area contributed by atoms with Gasteiger partial charge in [0.1, 0.15) is 10.6 Å². The van der Waals surface area contributed by atoms with Crippen molar-refractivity contribution in [3.05, 3.63) is 48.0 Å². The lowest BCUT2D eigenvalue weighted by Crippen LogP contribution is -2.44. The number of para-hydroxylation sites is 1. The van der Waals surface area contributed by atoms with Crippen LogP contribution in [0, 0.1) is 0 Å². The van der Waals surface area contributed by atoms with Crippen LogP contribution in [0.15, 0.2) is 47.4 Å². The Balaban J connectivity index is 2.19. The first-order valence-corrected chi connectivity index (χ1v) is 11.8. The van der Waals surface area contributed by atoms with Crippen molar-refractivity contribution in [2.24, 2.45) is 0 Å². The van der Waals surface area contributed by atoms with Crippen LogP contribution in [0.1, 0.15) is 36.5 Å². The summed E-state index contributed by atoms with van der Waals surface area (Å²) in [6.45, 7) is 3.28. The molecule has 31 heavy (non-hydrogen) atoms. The minimum absolute atomic E-state index is 0.0967. The van der Waals surface area contributed by atoms with E-state index >= 15 is 0 Å². The number of nitrogens with one attached hydrogen (secondary N) is 1. The quantitative estimate of drug-likeness (QED) is 0.569. The van der Waals surface area contributed by atoms with Crippen LogP contribution in [0.25, 0.3) is 0 Å². The van der Waals surface area contributed by atoms with Gasteiger partial charge in [-0.15, -0.1) is 0 Å². The van der Waals surface area contributed by atoms with Gasteiger partial charge in [0.15, 0.2) is 5.75 Å². The third kappa shape index (κ3) is 5.36. The summed E-state index contributed by atoms with van der Waals surface area (Å²) in [6.07, 6.45) is 1.99. The SMILES string of the molecule is CCC(NS(=O)(=O)c1cc(C(=O)O)cc(N2CCCC2)c1Oc1ccccc1)N(C)C. The number of carboxylic acid groups (broad SMARTS) is 1. The summed E-state index contributed by atoms with van der Waals surface area (Å²) < 4.78 is 35.6. The van der Waals surface area contributed by atoms with Gasteiger partial charge in [-0.1, -0.05) is 25.1 Å². The Morgan fingerprint density at radius 2 is 1.84 bits per heavy atom. The number of hydrogen-bond acceptors (Lipinski definition) is 6. The molecule has 0 radical (unpaired) electrons. The van der Waals surface area contributed by atoms with E-state index in [1.54, 1.807) is 43.3 Å². The number of ether oxygens (including phenoxy) is 1. The van der Waals surface area contributed by atoms with Gasteiger partial charge in [0.05, 0.1) is 17.4 Å². The predicted molar refractivity (Wildman–Crippen MR) is 119 cm³/mol. The molecule has 1 aliphatic heterocycles. The molecule has 0 amide bonds. The molecule has 3 rings (SSSR count). The van der Waals surface area contributed by atoms with Gasteiger partial charge in [0, 0.05) is 13.1 Å². The van der Waals surface area contributed by atoms with Gasteiger partial charge >= 0.3 is 5.97 Å². The third-order valence-corrected chi connectivity index (χ3v) is 6.75. The molecule has 168 valence electrons. The Kier molecular flexibility index (Phi) is 7.19. The van der Waals surface area contributed by atoms with E-state index in [2.05, 4.69) is 4.72 Å². The lowest BCUT2D eigenvalue weighted by molar-refractivity contribution is 0.0696. The molecule has 2 aromatic rings. The first-order valence-electron chi connectivity index (χ1n) is 10.3. The fraction of sp³-hybridized carbons (Fsp3) is 0.409. The maximum atomic E-state index is 13.4. The summed E-state index contributed by atoms with van der Waals surface area (Å²) in [4.78, 5) is 15.4. The second-order valence-electron chi connectivity index (χ2n) is 7.75. The zero-order chi connectivity index (χ0) is 22.6. The van der Waals surface area contributed by atoms with Crippen molar-refractivity contribution in [1.29, 1.82) is 0 Å². The predicted octanol–water partition coefficient (Wildman–Crippen LogP) is 3.35. The van der Waals surface area contributed by atoms with Crippen LogP contribution in [0.2, 0.25) is 0 Å². The number of hydrogen-bond donors (Lipinski definition) is 2. The lowest BCUT2D eigenvalue weighted by atomic mass is 10.1. The lowest BCUT2D eigenvalue weighted by Gasteiger charge is -2.27. The van der Waals surface area contributed by atoms with Gasteiger partial charge in [-0.2, -0.15) is 4.72 Å². The maximum absolute atomic E-state index is 13.4. The molecular formula is C22H29N3O5S. The first kappa shape index (κ1) is 23.1. The zero-order valence-electron chi connectivity index (χ0n) is 18.0. The van der Waals surface area contributed by atoms with Crippen LogP contribution in [-0.4, -0.2) is 57.7 Å². The second kappa shape index (κ2) is 9.67. The topological polar surface area (TPSA) is 99.2 Å². The summed E-state index contributed by atoms with van der Waals surface area (Å²) in [6, 6.07) is 11.6. The van der Waals surface area contributed by atoms with Crippen LogP contribution in [-0.2, 0) is 10.0 Å². The van der Waals surface area contributed by atoms with E-state index < -0.39 is 22.2 Å². The van der Waals surface area contributed by atoms with Crippen molar-refractivity contribution in [2.75, 3.05) is 32.1 Å². The fourth-order valence-electron chi connectivity index (χ4n) is 3.61. The highest BCUT2D eigenvalue weighted by atomic mass is 32.2. The van der Waals surface area contributed by atoms with E-state index in [0.29, 0.717) is 30.9 Å². The van der Waals surface area contributed by atoms with Crippen LogP contribution in [0.4, 0.5) is 5.69 Å². The molecule has 1 aliphatic rings. The second-order valence-corrected chi connectivity index (χ2v) is 9.43. The molecule has 1 fully saturated rings. The Bertz CT molecular complexity index is 1020. The number of sulfonamides is 1. The van der Waals surface area contributed by atoms with Crippen molar-refractivity contribution in [1.82, 2.24) is 9.62 Å². The molecule has 1 heterocycles. The van der Waals surface area contributed by atoms with Crippen molar-refractivity contribution in [3.63, 3.8) is 0 Å². The number of carbonyl (C=O) groups is 1. The van der Waals surface area contributed by atoms with Crippen LogP contribution >= 0.6 is 0 Å². The Labute approximate surface area is 183 Å². The highest BCUT2D eigenvalue weighted by molar-refractivity contribution is 7.89. The molecule has 1 saturated heterocycles. The van der Waals surface area contributed by atoms with Crippen molar-refractivity contribution < 1.29 is 23.1 Å². The van der Waals surface area contributed by atoms with E-state index in [4.69, 9.17) is 4.74 Å². The standard InChI is InChI=1S/C22H29N3O5S/c1-4-20(24(2)3)23-31(28,29)19-15-16(22(26)27)14-18(25-12-8-9-13-25)21(19)30-17-10-6-5-7-11-17/h5-7,10-11,14-15,20,23H,4,8-9,12-13H2,1-3H3,(H,26,27). The maximum Gasteiger partial charge on any atom is 0.335 e. The smallest absolute Gasteiger partial charge is 0.335 e. The number of aromatic carboxylic acids is 1. The van der Waals surface area contributed by atoms with Crippen LogP contribution in [0.3, 0.4) is 0 Å². The number of rotatable bonds is 9. The van der Waals surface area contributed by atoms with Crippen molar-refractivity contribution in [3.8, 4) is 11.5 Å². The van der Waals surface area contributed by atoms with Crippen LogP contribution < -0.4 is 14.4 Å². The summed E-state index contributed by atoms with van der Waals surface area (Å²) in [5.74, 6) is -0.579. The molecule has 0 bridgehead atoms. The molecule has 0 aliphatic carbocycles. The van der Waals surface area contributed by atoms with Gasteiger partial charge in [0.25, 0.3) is 0 Å². The molecule has 1 unspecified atom stereocenters. The summed E-state index contributed by atoms with van der Waals surface area (Å²) in [5.41, 5.74) is 0.375. The molecule has 0 aromatic heterocycles. The summed E-state index contributed by atoms with van der Waals surface area (Å²) in [5, 5.41) is 9.66. The van der Waals surface area contributed by atoms with Crippen LogP contribution in [0.5, 0.6) is 11.5 Å². The molecule has 0 saturated carbocycles. The highest BCUT2D eigenvalue weighted by Gasteiger charge is 2.30. The Morgan fingerprint density at radius 1 is 1.19 bits per heavy atom. The fourth-order valence-corrected chi connectivity index (χ4v) is 5.14. The normalized spacial score (nSPS) is 15.3. The molecule has 8 nitrogen and oxygen atoms in total. The average molecular weight is 448 g/mol. The Hall–Kier alpha value is -2.62. The molecule has 9 heteroatoms. The average Bonchev–Trinajstić information content (AvgIpc) is 3.27. The summed E-state index contributed by atoms with van der Waals surface area (Å²) in [7, 11) is -0.524. The minimum atomic E-state index is -4.08.